The average molecular weight is 410 g/mol. The largest absolute Gasteiger partial charge is 0.322 e. The van der Waals surface area contributed by atoms with Gasteiger partial charge in [-0.25, -0.2) is 4.68 Å². The molecule has 0 spiro atoms. The van der Waals surface area contributed by atoms with E-state index in [9.17, 15) is 4.79 Å². The van der Waals surface area contributed by atoms with E-state index < -0.39 is 0 Å². The molecule has 1 atom stereocenters. The number of nitrogens with one attached hydrogen (secondary N) is 2. The van der Waals surface area contributed by atoms with Gasteiger partial charge in [0.1, 0.15) is 0 Å². The fraction of sp³-hybridized carbons (Fsp3) is 0.565. The van der Waals surface area contributed by atoms with Crippen LogP contribution >= 0.6 is 0 Å². The minimum absolute atomic E-state index is 0.0429. The number of pyridine rings is 1. The van der Waals surface area contributed by atoms with Crippen molar-refractivity contribution in [1.82, 2.24) is 25.2 Å². The van der Waals surface area contributed by atoms with Gasteiger partial charge in [0.2, 0.25) is 5.82 Å². The fourth-order valence-electron chi connectivity index (χ4n) is 4.50. The molecule has 7 heteroatoms. The van der Waals surface area contributed by atoms with Gasteiger partial charge in [0.25, 0.3) is 5.56 Å². The molecule has 0 aliphatic carbocycles. The van der Waals surface area contributed by atoms with E-state index in [1.807, 2.05) is 10.7 Å². The highest BCUT2D eigenvalue weighted by atomic mass is 16.1. The van der Waals surface area contributed by atoms with Gasteiger partial charge in [-0.1, -0.05) is 19.9 Å². The topological polar surface area (TPSA) is 80.9 Å². The van der Waals surface area contributed by atoms with Crippen molar-refractivity contribution in [3.63, 3.8) is 0 Å². The summed E-state index contributed by atoms with van der Waals surface area (Å²) in [5.74, 6) is 0.787. The van der Waals surface area contributed by atoms with E-state index >= 15 is 0 Å². The first-order valence-electron chi connectivity index (χ1n) is 11.2. The molecule has 3 aromatic rings. The van der Waals surface area contributed by atoms with E-state index in [0.717, 1.165) is 61.1 Å². The van der Waals surface area contributed by atoms with E-state index in [2.05, 4.69) is 66.4 Å². The molecule has 0 saturated carbocycles. The molecule has 1 aliphatic rings. The molecule has 1 fully saturated rings. The fourth-order valence-corrected chi connectivity index (χ4v) is 4.50. The van der Waals surface area contributed by atoms with E-state index in [0.29, 0.717) is 0 Å². The number of aromatic nitrogens is 5. The third-order valence-corrected chi connectivity index (χ3v) is 6.75. The highest BCUT2D eigenvalue weighted by Crippen LogP contribution is 2.25. The van der Waals surface area contributed by atoms with Gasteiger partial charge in [0, 0.05) is 5.52 Å². The number of fused-ring (bicyclic) bond motifs is 1. The molecule has 0 bridgehead atoms. The number of aromatic amines is 1. The van der Waals surface area contributed by atoms with Gasteiger partial charge in [0.15, 0.2) is 6.04 Å². The zero-order valence-electron chi connectivity index (χ0n) is 18.5. The van der Waals surface area contributed by atoms with Crippen LogP contribution in [0.4, 0.5) is 0 Å². The van der Waals surface area contributed by atoms with Crippen LogP contribution in [-0.2, 0) is 12.0 Å². The number of H-pyrrole nitrogens is 1. The molecular formula is C23H33N6O+. The summed E-state index contributed by atoms with van der Waals surface area (Å²) in [7, 11) is 0. The Hall–Kier alpha value is -2.54. The van der Waals surface area contributed by atoms with Gasteiger partial charge in [-0.3, -0.25) is 4.79 Å². The Kier molecular flexibility index (Phi) is 5.73. The maximum atomic E-state index is 13.3. The number of nitrogens with zero attached hydrogens (tertiary/aromatic N) is 4. The van der Waals surface area contributed by atoms with Crippen LogP contribution in [0.3, 0.4) is 0 Å². The summed E-state index contributed by atoms with van der Waals surface area (Å²) in [6.07, 6.45) is 5.44. The molecule has 3 heterocycles. The Morgan fingerprint density at radius 2 is 1.93 bits per heavy atom. The minimum Gasteiger partial charge on any atom is -0.322 e. The summed E-state index contributed by atoms with van der Waals surface area (Å²) in [5.41, 5.74) is 2.64. The quantitative estimate of drug-likeness (QED) is 0.655. The summed E-state index contributed by atoms with van der Waals surface area (Å²) in [6, 6.07) is 8.15. The van der Waals surface area contributed by atoms with Crippen molar-refractivity contribution in [2.75, 3.05) is 13.1 Å². The lowest BCUT2D eigenvalue weighted by Crippen LogP contribution is -3.13. The monoisotopic (exact) mass is 409 g/mol. The predicted molar refractivity (Wildman–Crippen MR) is 118 cm³/mol. The Labute approximate surface area is 177 Å². The second kappa shape index (κ2) is 8.30. The summed E-state index contributed by atoms with van der Waals surface area (Å²) < 4.78 is 1.94. The van der Waals surface area contributed by atoms with Crippen molar-refractivity contribution in [2.45, 2.75) is 71.4 Å². The van der Waals surface area contributed by atoms with E-state index in [-0.39, 0.29) is 17.1 Å². The first-order chi connectivity index (χ1) is 14.4. The van der Waals surface area contributed by atoms with Crippen LogP contribution in [0.25, 0.3) is 10.9 Å². The first-order valence-corrected chi connectivity index (χ1v) is 11.2. The highest BCUT2D eigenvalue weighted by molar-refractivity contribution is 5.79. The van der Waals surface area contributed by atoms with Crippen LogP contribution in [0, 0.1) is 0 Å². The number of hydrogen-bond acceptors (Lipinski definition) is 4. The number of aryl methyl sites for hydroxylation is 1. The van der Waals surface area contributed by atoms with Gasteiger partial charge in [-0.05, 0) is 85.5 Å². The zero-order valence-corrected chi connectivity index (χ0v) is 18.5. The number of rotatable bonds is 6. The van der Waals surface area contributed by atoms with E-state index in [1.165, 1.54) is 16.9 Å². The molecule has 160 valence electrons. The van der Waals surface area contributed by atoms with Gasteiger partial charge < -0.3 is 9.88 Å². The maximum absolute atomic E-state index is 13.3. The number of tetrazole rings is 1. The number of benzene rings is 1. The van der Waals surface area contributed by atoms with Crippen molar-refractivity contribution in [2.24, 2.45) is 0 Å². The maximum Gasteiger partial charge on any atom is 0.258 e. The van der Waals surface area contributed by atoms with Gasteiger partial charge in [-0.15, -0.1) is 5.10 Å². The highest BCUT2D eigenvalue weighted by Gasteiger charge is 2.37. The second-order valence-electron chi connectivity index (χ2n) is 9.10. The summed E-state index contributed by atoms with van der Waals surface area (Å²) in [6.45, 7) is 10.6. The molecule has 0 amide bonds. The van der Waals surface area contributed by atoms with Crippen molar-refractivity contribution < 1.29 is 4.90 Å². The number of likely N-dealkylation sites (tertiary alicyclic amines) is 1. The molecule has 2 N–H and O–H groups in total. The number of piperidine rings is 1. The van der Waals surface area contributed by atoms with Crippen LogP contribution < -0.4 is 10.5 Å². The second-order valence-corrected chi connectivity index (χ2v) is 9.10. The SMILES string of the molecule is CCc1ccc2[nH]c(=O)c([C@H](c3nnnn3C(C)(C)CC)[NH+]3CCCCC3)cc2c1. The Bertz CT molecular complexity index is 1080. The molecule has 1 saturated heterocycles. The van der Waals surface area contributed by atoms with Crippen LogP contribution in [0.15, 0.2) is 29.1 Å². The lowest BCUT2D eigenvalue weighted by Gasteiger charge is -2.33. The molecule has 7 nitrogen and oxygen atoms in total. The molecule has 1 aromatic carbocycles. The standard InChI is InChI=1S/C23H32N6O/c1-5-16-10-11-19-17(14-16)15-18(22(30)24-19)20(28-12-8-7-9-13-28)21-25-26-27-29(21)23(3,4)6-2/h10-11,14-15,20H,5-9,12-13H2,1-4H3,(H,24,30)/p+1/t20-/m1/s1. The molecule has 0 unspecified atom stereocenters. The molecule has 30 heavy (non-hydrogen) atoms. The molecule has 1 aliphatic heterocycles. The average Bonchev–Trinajstić information content (AvgIpc) is 3.25. The van der Waals surface area contributed by atoms with Gasteiger partial charge in [0.05, 0.1) is 24.2 Å². The third kappa shape index (κ3) is 3.78. The van der Waals surface area contributed by atoms with Crippen LogP contribution in [0.1, 0.15) is 76.4 Å². The minimum atomic E-state index is -0.217. The normalized spacial score (nSPS) is 16.8. The summed E-state index contributed by atoms with van der Waals surface area (Å²) in [4.78, 5) is 17.7. The van der Waals surface area contributed by atoms with E-state index in [4.69, 9.17) is 0 Å². The molecule has 4 rings (SSSR count). The third-order valence-electron chi connectivity index (χ3n) is 6.75. The van der Waals surface area contributed by atoms with Gasteiger partial charge in [-0.2, -0.15) is 0 Å². The lowest BCUT2D eigenvalue weighted by atomic mass is 9.97. The molecular weight excluding hydrogens is 376 g/mol. The van der Waals surface area contributed by atoms with Crippen LogP contribution in [-0.4, -0.2) is 38.3 Å². The van der Waals surface area contributed by atoms with Crippen molar-refractivity contribution >= 4 is 10.9 Å². The molecule has 0 radical (unpaired) electrons. The van der Waals surface area contributed by atoms with Gasteiger partial charge >= 0.3 is 0 Å². The Morgan fingerprint density at radius 3 is 2.63 bits per heavy atom. The summed E-state index contributed by atoms with van der Waals surface area (Å²) in [5, 5.41) is 13.9. The Balaban J connectivity index is 1.90. The van der Waals surface area contributed by atoms with Crippen molar-refractivity contribution in [1.29, 1.82) is 0 Å². The van der Waals surface area contributed by atoms with Crippen LogP contribution in [0.5, 0.6) is 0 Å². The van der Waals surface area contributed by atoms with Crippen molar-refractivity contribution in [3.8, 4) is 0 Å². The lowest BCUT2D eigenvalue weighted by molar-refractivity contribution is -0.931. The van der Waals surface area contributed by atoms with Crippen molar-refractivity contribution in [3.05, 3.63) is 51.6 Å². The van der Waals surface area contributed by atoms with E-state index in [1.54, 1.807) is 0 Å². The van der Waals surface area contributed by atoms with Crippen LogP contribution in [0.2, 0.25) is 0 Å². The number of quaternary nitrogens is 1. The molecule has 2 aromatic heterocycles. The zero-order chi connectivity index (χ0) is 21.3. The smallest absolute Gasteiger partial charge is 0.258 e. The predicted octanol–water partition coefficient (Wildman–Crippen LogP) is 2.38. The first kappa shape index (κ1) is 20.7. The number of hydrogen-bond donors (Lipinski definition) is 2. The Morgan fingerprint density at radius 1 is 1.17 bits per heavy atom. The summed E-state index contributed by atoms with van der Waals surface area (Å²) >= 11 is 0.